The quantitative estimate of drug-likeness (QED) is 0.796. The summed E-state index contributed by atoms with van der Waals surface area (Å²) in [6.45, 7) is 1.53. The lowest BCUT2D eigenvalue weighted by molar-refractivity contribution is -0.116. The van der Waals surface area contributed by atoms with Crippen molar-refractivity contribution in [1.82, 2.24) is 0 Å². The van der Waals surface area contributed by atoms with Crippen molar-refractivity contribution in [3.63, 3.8) is 0 Å². The molecule has 2 aromatic carbocycles. The van der Waals surface area contributed by atoms with E-state index in [0.717, 1.165) is 16.8 Å². The van der Waals surface area contributed by atoms with Gasteiger partial charge in [0.15, 0.2) is 0 Å². The Labute approximate surface area is 136 Å². The van der Waals surface area contributed by atoms with Crippen molar-refractivity contribution in [3.05, 3.63) is 59.4 Å². The van der Waals surface area contributed by atoms with Crippen LogP contribution in [0.3, 0.4) is 0 Å². The second kappa shape index (κ2) is 7.09. The van der Waals surface area contributed by atoms with Gasteiger partial charge >= 0.3 is 0 Å². The maximum Gasteiger partial charge on any atom is 0.223 e. The molecule has 4 heteroatoms. The van der Waals surface area contributed by atoms with Crippen molar-refractivity contribution < 1.29 is 9.18 Å². The number of hydrogen-bond acceptors (Lipinski definition) is 2. The standard InChI is InChI=1S/C19H21FN2O/c1-14(23)22(4)17-10-7-15(8-11-17)5-6-16-9-12-19(21(2)3)18(20)13-16/h5-13H,1-4H3/b6-5+/i20-1. The van der Waals surface area contributed by atoms with Crippen LogP contribution < -0.4 is 9.80 Å². The van der Waals surface area contributed by atoms with Crippen LogP contribution in [0.25, 0.3) is 12.2 Å². The lowest BCUT2D eigenvalue weighted by atomic mass is 10.1. The van der Waals surface area contributed by atoms with Crippen LogP contribution >= 0.6 is 0 Å². The van der Waals surface area contributed by atoms with Gasteiger partial charge in [0.25, 0.3) is 0 Å². The fourth-order valence-corrected chi connectivity index (χ4v) is 2.17. The molecule has 0 aliphatic heterocycles. The minimum absolute atomic E-state index is 0.00949. The molecule has 23 heavy (non-hydrogen) atoms. The van der Waals surface area contributed by atoms with Crippen LogP contribution in [0, 0.1) is 5.82 Å². The van der Waals surface area contributed by atoms with Crippen molar-refractivity contribution in [2.75, 3.05) is 30.9 Å². The largest absolute Gasteiger partial charge is 0.375 e. The van der Waals surface area contributed by atoms with Crippen molar-refractivity contribution >= 4 is 29.4 Å². The summed E-state index contributed by atoms with van der Waals surface area (Å²) in [5, 5.41) is 0. The van der Waals surface area contributed by atoms with Crippen LogP contribution in [-0.4, -0.2) is 27.1 Å². The summed E-state index contributed by atoms with van der Waals surface area (Å²) >= 11 is 0. The Morgan fingerprint density at radius 1 is 0.957 bits per heavy atom. The third-order valence-corrected chi connectivity index (χ3v) is 3.67. The Morgan fingerprint density at radius 2 is 1.52 bits per heavy atom. The zero-order valence-electron chi connectivity index (χ0n) is 13.9. The minimum Gasteiger partial charge on any atom is -0.375 e. The van der Waals surface area contributed by atoms with Gasteiger partial charge in [0.1, 0.15) is 5.82 Å². The van der Waals surface area contributed by atoms with Gasteiger partial charge in [-0.05, 0) is 35.4 Å². The molecule has 0 N–H and O–H groups in total. The molecule has 2 rings (SSSR count). The predicted molar refractivity (Wildman–Crippen MR) is 95.2 cm³/mol. The molecule has 3 nitrogen and oxygen atoms in total. The van der Waals surface area contributed by atoms with Crippen molar-refractivity contribution in [2.24, 2.45) is 0 Å². The lowest BCUT2D eigenvalue weighted by Gasteiger charge is -2.14. The molecule has 0 fully saturated rings. The highest BCUT2D eigenvalue weighted by Gasteiger charge is 2.05. The fraction of sp³-hybridized carbons (Fsp3) is 0.211. The molecular formula is C19H21FN2O. The minimum atomic E-state index is -0.240. The molecule has 120 valence electrons. The molecule has 0 aliphatic rings. The summed E-state index contributed by atoms with van der Waals surface area (Å²) in [5.41, 5.74) is 3.20. The number of hydrogen-bond donors (Lipinski definition) is 0. The molecule has 0 aromatic heterocycles. The third-order valence-electron chi connectivity index (χ3n) is 3.67. The molecule has 0 spiro atoms. The molecular weight excluding hydrogens is 290 g/mol. The van der Waals surface area contributed by atoms with Crippen LogP contribution in [-0.2, 0) is 4.79 Å². The number of carbonyl (C=O) groups excluding carboxylic acids is 1. The van der Waals surface area contributed by atoms with E-state index >= 15 is 0 Å². The van der Waals surface area contributed by atoms with Crippen molar-refractivity contribution in [3.8, 4) is 0 Å². The number of halogens is 1. The van der Waals surface area contributed by atoms with Gasteiger partial charge in [0.2, 0.25) is 5.91 Å². The number of carbonyl (C=O) groups is 1. The number of benzene rings is 2. The summed E-state index contributed by atoms with van der Waals surface area (Å²) in [4.78, 5) is 14.6. The van der Waals surface area contributed by atoms with Crippen LogP contribution in [0.15, 0.2) is 42.5 Å². The third kappa shape index (κ3) is 4.19. The second-order valence-corrected chi connectivity index (χ2v) is 5.61. The number of amides is 1. The molecule has 0 bridgehead atoms. The maximum absolute atomic E-state index is 13.9. The summed E-state index contributed by atoms with van der Waals surface area (Å²) < 4.78 is 13.9. The van der Waals surface area contributed by atoms with Crippen LogP contribution in [0.5, 0.6) is 0 Å². The average molecular weight is 311 g/mol. The normalized spacial score (nSPS) is 10.8. The Hall–Kier alpha value is -2.62. The van der Waals surface area contributed by atoms with E-state index in [2.05, 4.69) is 0 Å². The van der Waals surface area contributed by atoms with Gasteiger partial charge in [-0.2, -0.15) is 0 Å². The van der Waals surface area contributed by atoms with Gasteiger partial charge in [-0.3, -0.25) is 4.79 Å². The average Bonchev–Trinajstić information content (AvgIpc) is 2.52. The maximum atomic E-state index is 13.9. The second-order valence-electron chi connectivity index (χ2n) is 5.61. The van der Waals surface area contributed by atoms with E-state index in [0.29, 0.717) is 5.69 Å². The Bertz CT molecular complexity index is 721. The molecule has 2 aromatic rings. The fourth-order valence-electron chi connectivity index (χ4n) is 2.17. The Morgan fingerprint density at radius 3 is 2.04 bits per heavy atom. The van der Waals surface area contributed by atoms with Gasteiger partial charge in [-0.25, -0.2) is 4.39 Å². The smallest absolute Gasteiger partial charge is 0.223 e. The number of anilines is 2. The molecule has 0 aliphatic carbocycles. The molecule has 0 atom stereocenters. The van der Waals surface area contributed by atoms with Gasteiger partial charge in [0.05, 0.1) is 5.69 Å². The highest BCUT2D eigenvalue weighted by atomic mass is 18.2. The van der Waals surface area contributed by atoms with Gasteiger partial charge in [-0.15, -0.1) is 0 Å². The highest BCUT2D eigenvalue weighted by Crippen LogP contribution is 2.20. The number of nitrogens with zero attached hydrogens (tertiary/aromatic N) is 2. The van der Waals surface area contributed by atoms with Crippen LogP contribution in [0.4, 0.5) is 15.8 Å². The number of rotatable bonds is 4. The van der Waals surface area contributed by atoms with Gasteiger partial charge < -0.3 is 9.80 Å². The molecule has 0 radical (unpaired) electrons. The first-order chi connectivity index (χ1) is 10.9. The first-order valence-electron chi connectivity index (χ1n) is 7.38. The van der Waals surface area contributed by atoms with Gasteiger partial charge in [0, 0.05) is 33.8 Å². The van der Waals surface area contributed by atoms with E-state index in [-0.39, 0.29) is 11.7 Å². The van der Waals surface area contributed by atoms with E-state index in [1.165, 1.54) is 13.0 Å². The predicted octanol–water partition coefficient (Wildman–Crippen LogP) is 4.04. The Balaban J connectivity index is 2.14. The SMILES string of the molecule is CC(=O)N(C)c1ccc(/C=C/c2ccc(N(C)C)c([18F])c2)cc1. The monoisotopic (exact) mass is 311 g/mol. The van der Waals surface area contributed by atoms with E-state index < -0.39 is 0 Å². The summed E-state index contributed by atoms with van der Waals surface area (Å²) in [6, 6.07) is 12.8. The summed E-state index contributed by atoms with van der Waals surface area (Å²) in [6.07, 6.45) is 3.79. The van der Waals surface area contributed by atoms with Crippen molar-refractivity contribution in [1.29, 1.82) is 0 Å². The van der Waals surface area contributed by atoms with Crippen LogP contribution in [0.1, 0.15) is 18.1 Å². The summed E-state index contributed by atoms with van der Waals surface area (Å²) in [5.74, 6) is -0.250. The van der Waals surface area contributed by atoms with E-state index in [1.54, 1.807) is 22.9 Å². The van der Waals surface area contributed by atoms with E-state index in [4.69, 9.17) is 0 Å². The zero-order chi connectivity index (χ0) is 17.0. The first-order valence-corrected chi connectivity index (χ1v) is 7.38. The summed E-state index contributed by atoms with van der Waals surface area (Å²) in [7, 11) is 5.36. The lowest BCUT2D eigenvalue weighted by Crippen LogP contribution is -2.22. The van der Waals surface area contributed by atoms with Crippen LogP contribution in [0.2, 0.25) is 0 Å². The molecule has 1 amide bonds. The first kappa shape index (κ1) is 16.7. The van der Waals surface area contributed by atoms with E-state index in [1.807, 2.05) is 56.6 Å². The molecule has 0 saturated carbocycles. The highest BCUT2D eigenvalue weighted by molar-refractivity contribution is 5.91. The Kier molecular flexibility index (Phi) is 5.16. The van der Waals surface area contributed by atoms with Crippen molar-refractivity contribution in [2.45, 2.75) is 6.92 Å². The molecule has 0 heterocycles. The van der Waals surface area contributed by atoms with E-state index in [9.17, 15) is 9.18 Å². The van der Waals surface area contributed by atoms with Gasteiger partial charge in [-0.1, -0.05) is 30.4 Å². The zero-order valence-corrected chi connectivity index (χ0v) is 13.9. The molecule has 0 saturated heterocycles. The molecule has 0 unspecified atom stereocenters. The topological polar surface area (TPSA) is 23.6 Å².